The summed E-state index contributed by atoms with van der Waals surface area (Å²) in [4.78, 5) is 15.7. The smallest absolute Gasteiger partial charge is 0.205 e. The number of ketones is 1. The number of nitrogens with one attached hydrogen (secondary N) is 1. The number of aromatic amines is 1. The average molecular weight is 320 g/mol. The maximum Gasteiger partial charge on any atom is 0.205 e. The molecule has 4 nitrogen and oxygen atoms in total. The molecular weight excluding hydrogens is 307 g/mol. The van der Waals surface area contributed by atoms with Crippen LogP contribution < -0.4 is 4.74 Å². The molecule has 0 aliphatic rings. The largest absolute Gasteiger partial charge is 0.497 e. The molecule has 0 spiro atoms. The van der Waals surface area contributed by atoms with E-state index in [0.717, 1.165) is 5.52 Å². The molecule has 0 radical (unpaired) electrons. The molecule has 118 valence electrons. The van der Waals surface area contributed by atoms with Gasteiger partial charge in [0.15, 0.2) is 0 Å². The molecule has 2 aromatic carbocycles. The van der Waals surface area contributed by atoms with Gasteiger partial charge in [0.1, 0.15) is 23.2 Å². The van der Waals surface area contributed by atoms with E-state index in [-0.39, 0.29) is 11.4 Å². The summed E-state index contributed by atoms with van der Waals surface area (Å²) in [6.45, 7) is 0. The number of H-pyrrole nitrogens is 1. The Morgan fingerprint density at radius 2 is 2.00 bits per heavy atom. The van der Waals surface area contributed by atoms with E-state index in [1.807, 2.05) is 6.07 Å². The van der Waals surface area contributed by atoms with E-state index in [9.17, 15) is 14.4 Å². The summed E-state index contributed by atoms with van der Waals surface area (Å²) in [5, 5.41) is 10.0. The zero-order valence-corrected chi connectivity index (χ0v) is 12.8. The lowest BCUT2D eigenvalue weighted by molar-refractivity contribution is 0.104. The van der Waals surface area contributed by atoms with Crippen LogP contribution in [0.1, 0.15) is 15.9 Å². The first-order valence-corrected chi connectivity index (χ1v) is 7.19. The highest BCUT2D eigenvalue weighted by Gasteiger charge is 2.17. The van der Waals surface area contributed by atoms with Crippen molar-refractivity contribution in [2.24, 2.45) is 0 Å². The minimum absolute atomic E-state index is 0.0228. The molecule has 1 N–H and O–H groups in total. The number of aromatic nitrogens is 1. The lowest BCUT2D eigenvalue weighted by Gasteiger charge is -2.01. The maximum absolute atomic E-state index is 13.0. The Hall–Kier alpha value is -3.39. The molecule has 0 saturated heterocycles. The van der Waals surface area contributed by atoms with Crippen molar-refractivity contribution in [1.29, 1.82) is 5.26 Å². The summed E-state index contributed by atoms with van der Waals surface area (Å²) in [5.41, 5.74) is 1.72. The number of methoxy groups -OCH3 is 1. The summed E-state index contributed by atoms with van der Waals surface area (Å²) in [6.07, 6.45) is 3.02. The number of carbonyl (C=O) groups excluding carboxylic acids is 1. The molecule has 3 aromatic rings. The Morgan fingerprint density at radius 3 is 2.67 bits per heavy atom. The van der Waals surface area contributed by atoms with Gasteiger partial charge in [-0.15, -0.1) is 0 Å². The van der Waals surface area contributed by atoms with Crippen LogP contribution in [0.5, 0.6) is 5.75 Å². The lowest BCUT2D eigenvalue weighted by atomic mass is 10.0. The molecular formula is C19H13FN2O2. The predicted molar refractivity (Wildman–Crippen MR) is 89.2 cm³/mol. The Kier molecular flexibility index (Phi) is 4.13. The number of fused-ring (bicyclic) bond motifs is 1. The number of carbonyl (C=O) groups is 1. The fourth-order valence-corrected chi connectivity index (χ4v) is 2.43. The topological polar surface area (TPSA) is 65.9 Å². The van der Waals surface area contributed by atoms with Crippen LogP contribution in [0.2, 0.25) is 0 Å². The van der Waals surface area contributed by atoms with Crippen molar-refractivity contribution >= 4 is 22.8 Å². The highest BCUT2D eigenvalue weighted by Crippen LogP contribution is 2.25. The molecule has 3 rings (SSSR count). The highest BCUT2D eigenvalue weighted by molar-refractivity contribution is 6.20. The lowest BCUT2D eigenvalue weighted by Crippen LogP contribution is -2.01. The molecule has 0 amide bonds. The Labute approximate surface area is 137 Å². The van der Waals surface area contributed by atoms with Crippen LogP contribution >= 0.6 is 0 Å². The monoisotopic (exact) mass is 320 g/mol. The molecule has 0 atom stereocenters. The van der Waals surface area contributed by atoms with Crippen molar-refractivity contribution in [3.05, 3.63) is 71.2 Å². The predicted octanol–water partition coefficient (Wildman–Crippen LogP) is 4.11. The molecule has 0 aliphatic heterocycles. The number of benzene rings is 2. The fourth-order valence-electron chi connectivity index (χ4n) is 2.43. The van der Waals surface area contributed by atoms with Crippen molar-refractivity contribution in [2.75, 3.05) is 7.11 Å². The number of nitrogens with zero attached hydrogens (tertiary/aromatic N) is 1. The third-order valence-corrected chi connectivity index (χ3v) is 3.68. The van der Waals surface area contributed by atoms with Crippen LogP contribution in [0.15, 0.2) is 54.2 Å². The van der Waals surface area contributed by atoms with Crippen LogP contribution in [0.25, 0.3) is 17.0 Å². The van der Waals surface area contributed by atoms with Gasteiger partial charge in [-0.05, 0) is 42.0 Å². The van der Waals surface area contributed by atoms with Gasteiger partial charge in [0.25, 0.3) is 0 Å². The van der Waals surface area contributed by atoms with Gasteiger partial charge in [0, 0.05) is 22.7 Å². The Bertz CT molecular complexity index is 979. The van der Waals surface area contributed by atoms with E-state index < -0.39 is 5.78 Å². The maximum atomic E-state index is 13.0. The van der Waals surface area contributed by atoms with Gasteiger partial charge in [-0.2, -0.15) is 5.26 Å². The van der Waals surface area contributed by atoms with Gasteiger partial charge in [-0.25, -0.2) is 4.39 Å². The van der Waals surface area contributed by atoms with Crippen molar-refractivity contribution in [1.82, 2.24) is 4.98 Å². The van der Waals surface area contributed by atoms with Crippen molar-refractivity contribution < 1.29 is 13.9 Å². The van der Waals surface area contributed by atoms with Crippen LogP contribution in [-0.2, 0) is 0 Å². The van der Waals surface area contributed by atoms with Gasteiger partial charge in [-0.3, -0.25) is 4.79 Å². The first kappa shape index (κ1) is 15.5. The van der Waals surface area contributed by atoms with Crippen LogP contribution in [-0.4, -0.2) is 17.9 Å². The first-order chi connectivity index (χ1) is 11.6. The van der Waals surface area contributed by atoms with E-state index in [4.69, 9.17) is 4.74 Å². The van der Waals surface area contributed by atoms with Crippen molar-refractivity contribution in [2.45, 2.75) is 0 Å². The van der Waals surface area contributed by atoms with Crippen LogP contribution in [0.3, 0.4) is 0 Å². The van der Waals surface area contributed by atoms with E-state index in [1.165, 1.54) is 30.3 Å². The van der Waals surface area contributed by atoms with E-state index in [2.05, 4.69) is 4.98 Å². The zero-order chi connectivity index (χ0) is 17.1. The summed E-state index contributed by atoms with van der Waals surface area (Å²) in [7, 11) is 1.55. The Balaban J connectivity index is 2.03. The second-order valence-corrected chi connectivity index (χ2v) is 5.16. The van der Waals surface area contributed by atoms with E-state index in [1.54, 1.807) is 31.5 Å². The number of nitriles is 1. The number of hydrogen-bond acceptors (Lipinski definition) is 3. The van der Waals surface area contributed by atoms with Crippen LogP contribution in [0.4, 0.5) is 4.39 Å². The van der Waals surface area contributed by atoms with Gasteiger partial charge >= 0.3 is 0 Å². The normalized spacial score (nSPS) is 11.3. The molecule has 1 heterocycles. The van der Waals surface area contributed by atoms with Gasteiger partial charge in [0.2, 0.25) is 5.78 Å². The van der Waals surface area contributed by atoms with E-state index in [0.29, 0.717) is 22.3 Å². The molecule has 24 heavy (non-hydrogen) atoms. The Morgan fingerprint density at radius 1 is 1.25 bits per heavy atom. The van der Waals surface area contributed by atoms with Gasteiger partial charge in [-0.1, -0.05) is 12.1 Å². The number of halogens is 1. The molecule has 0 fully saturated rings. The minimum Gasteiger partial charge on any atom is -0.497 e. The number of allylic oxidation sites excluding steroid dienone is 1. The highest BCUT2D eigenvalue weighted by atomic mass is 19.1. The zero-order valence-electron chi connectivity index (χ0n) is 12.8. The summed E-state index contributed by atoms with van der Waals surface area (Å²) >= 11 is 0. The minimum atomic E-state index is -0.402. The number of rotatable bonds is 4. The molecule has 1 aromatic heterocycles. The molecule has 0 saturated carbocycles. The molecule has 0 aliphatic carbocycles. The second kappa shape index (κ2) is 6.39. The standard InChI is InChI=1S/C19H13FN2O2/c1-24-15-6-7-18-16(9-15)17(11-22-18)19(23)13(10-21)8-12-2-4-14(20)5-3-12/h2-9,11,22H,1H3/b13-8+. The van der Waals surface area contributed by atoms with Gasteiger partial charge in [0.05, 0.1) is 7.11 Å². The molecule has 0 unspecified atom stereocenters. The third-order valence-electron chi connectivity index (χ3n) is 3.68. The number of ether oxygens (including phenoxy) is 1. The molecule has 0 bridgehead atoms. The average Bonchev–Trinajstić information content (AvgIpc) is 3.03. The van der Waals surface area contributed by atoms with E-state index >= 15 is 0 Å². The van der Waals surface area contributed by atoms with Crippen molar-refractivity contribution in [3.63, 3.8) is 0 Å². The summed E-state index contributed by atoms with van der Waals surface area (Å²) < 4.78 is 18.1. The van der Waals surface area contributed by atoms with Gasteiger partial charge < -0.3 is 9.72 Å². The fraction of sp³-hybridized carbons (Fsp3) is 0.0526. The van der Waals surface area contributed by atoms with Crippen LogP contribution in [0, 0.1) is 17.1 Å². The second-order valence-electron chi connectivity index (χ2n) is 5.16. The number of hydrogen-bond donors (Lipinski definition) is 1. The van der Waals surface area contributed by atoms with Crippen molar-refractivity contribution in [3.8, 4) is 11.8 Å². The third kappa shape index (κ3) is 2.90. The number of Topliss-reactive ketones (excluding diaryl/α,β-unsaturated/α-hetero) is 1. The summed E-state index contributed by atoms with van der Waals surface area (Å²) in [5.74, 6) is -0.154. The quantitative estimate of drug-likeness (QED) is 0.447. The SMILES string of the molecule is COc1ccc2[nH]cc(C(=O)/C(C#N)=C/c3ccc(F)cc3)c2c1. The summed E-state index contributed by atoms with van der Waals surface area (Å²) in [6, 6.07) is 12.8. The first-order valence-electron chi connectivity index (χ1n) is 7.19. The molecule has 5 heteroatoms.